The molecule has 118 valence electrons. The molecule has 1 fully saturated rings. The van der Waals surface area contributed by atoms with Gasteiger partial charge in [-0.25, -0.2) is 0 Å². The molecule has 1 aliphatic rings. The quantitative estimate of drug-likeness (QED) is 0.769. The van der Waals surface area contributed by atoms with Crippen molar-refractivity contribution in [3.05, 3.63) is 29.8 Å². The second kappa shape index (κ2) is 8.40. The number of hydrogen-bond acceptors (Lipinski definition) is 3. The molecule has 1 aliphatic carbocycles. The Balaban J connectivity index is 2.30. The molecule has 2 N–H and O–H groups in total. The Morgan fingerprint density at radius 3 is 2.57 bits per heavy atom. The lowest BCUT2D eigenvalue weighted by Crippen LogP contribution is -2.37. The Labute approximate surface area is 129 Å². The summed E-state index contributed by atoms with van der Waals surface area (Å²) in [5, 5.41) is 13.1. The van der Waals surface area contributed by atoms with Crippen LogP contribution in [0.5, 0.6) is 0 Å². The van der Waals surface area contributed by atoms with Crippen LogP contribution in [0.2, 0.25) is 0 Å². The maximum Gasteiger partial charge on any atom is 0.0606 e. The first-order chi connectivity index (χ1) is 10.3. The zero-order chi connectivity index (χ0) is 15.1. The molecule has 0 heterocycles. The zero-order valence-electron chi connectivity index (χ0n) is 13.5. The number of para-hydroxylation sites is 1. The van der Waals surface area contributed by atoms with Crippen molar-refractivity contribution < 1.29 is 5.11 Å². The lowest BCUT2D eigenvalue weighted by atomic mass is 10.00. The van der Waals surface area contributed by atoms with Crippen LogP contribution in [0.3, 0.4) is 0 Å². The molecule has 0 saturated heterocycles. The predicted octanol–water partition coefficient (Wildman–Crippen LogP) is 3.49. The van der Waals surface area contributed by atoms with E-state index in [9.17, 15) is 5.11 Å². The topological polar surface area (TPSA) is 35.5 Å². The van der Waals surface area contributed by atoms with E-state index in [4.69, 9.17) is 0 Å². The van der Waals surface area contributed by atoms with E-state index in [1.54, 1.807) is 0 Å². The molecule has 21 heavy (non-hydrogen) atoms. The number of nitrogens with zero attached hydrogens (tertiary/aromatic N) is 1. The molecule has 3 nitrogen and oxygen atoms in total. The second-order valence-corrected chi connectivity index (χ2v) is 5.93. The summed E-state index contributed by atoms with van der Waals surface area (Å²) in [6.07, 6.45) is 6.24. The standard InChI is InChI=1S/C18H30N2O/c1-3-17(19-4-2)16-11-7-8-12-18(16)20(13-14-21)15-9-5-6-10-15/h7-8,11-12,15,17,19,21H,3-6,9-10,13-14H2,1-2H3. The van der Waals surface area contributed by atoms with Gasteiger partial charge in [0.2, 0.25) is 0 Å². The summed E-state index contributed by atoms with van der Waals surface area (Å²) < 4.78 is 0. The molecule has 0 aromatic heterocycles. The van der Waals surface area contributed by atoms with Gasteiger partial charge in [0.15, 0.2) is 0 Å². The van der Waals surface area contributed by atoms with Crippen molar-refractivity contribution in [2.75, 3.05) is 24.6 Å². The van der Waals surface area contributed by atoms with E-state index in [1.807, 2.05) is 0 Å². The van der Waals surface area contributed by atoms with Gasteiger partial charge in [0, 0.05) is 24.3 Å². The molecule has 1 atom stereocenters. The van der Waals surface area contributed by atoms with E-state index < -0.39 is 0 Å². The van der Waals surface area contributed by atoms with Crippen LogP contribution in [-0.2, 0) is 0 Å². The molecule has 1 aromatic rings. The molecule has 2 rings (SSSR count). The van der Waals surface area contributed by atoms with Crippen molar-refractivity contribution in [3.63, 3.8) is 0 Å². The third-order valence-electron chi connectivity index (χ3n) is 4.59. The van der Waals surface area contributed by atoms with Gasteiger partial charge >= 0.3 is 0 Å². The molecule has 1 unspecified atom stereocenters. The first-order valence-electron chi connectivity index (χ1n) is 8.51. The Morgan fingerprint density at radius 1 is 1.24 bits per heavy atom. The number of aliphatic hydroxyl groups is 1. The van der Waals surface area contributed by atoms with Crippen molar-refractivity contribution in [2.45, 2.75) is 58.0 Å². The van der Waals surface area contributed by atoms with E-state index in [0.29, 0.717) is 12.1 Å². The number of rotatable bonds is 8. The predicted molar refractivity (Wildman–Crippen MR) is 89.8 cm³/mol. The Hall–Kier alpha value is -1.06. The Kier molecular flexibility index (Phi) is 6.52. The molecule has 0 bridgehead atoms. The molecular weight excluding hydrogens is 260 g/mol. The van der Waals surface area contributed by atoms with E-state index in [-0.39, 0.29) is 6.61 Å². The molecule has 1 saturated carbocycles. The molecule has 0 amide bonds. The molecule has 1 aromatic carbocycles. The number of anilines is 1. The highest BCUT2D eigenvalue weighted by Gasteiger charge is 2.25. The van der Waals surface area contributed by atoms with Crippen molar-refractivity contribution in [3.8, 4) is 0 Å². The van der Waals surface area contributed by atoms with Crippen molar-refractivity contribution >= 4 is 5.69 Å². The van der Waals surface area contributed by atoms with Crippen LogP contribution >= 0.6 is 0 Å². The van der Waals surface area contributed by atoms with Gasteiger partial charge in [-0.05, 0) is 37.4 Å². The maximum absolute atomic E-state index is 9.49. The van der Waals surface area contributed by atoms with E-state index >= 15 is 0 Å². The van der Waals surface area contributed by atoms with Crippen LogP contribution in [0, 0.1) is 0 Å². The van der Waals surface area contributed by atoms with Gasteiger partial charge in [0.1, 0.15) is 0 Å². The van der Waals surface area contributed by atoms with Crippen LogP contribution in [0.15, 0.2) is 24.3 Å². The van der Waals surface area contributed by atoms with Gasteiger partial charge in [0.05, 0.1) is 6.61 Å². The second-order valence-electron chi connectivity index (χ2n) is 5.93. The summed E-state index contributed by atoms with van der Waals surface area (Å²) >= 11 is 0. The van der Waals surface area contributed by atoms with Crippen molar-refractivity contribution in [1.82, 2.24) is 5.32 Å². The Morgan fingerprint density at radius 2 is 1.95 bits per heavy atom. The largest absolute Gasteiger partial charge is 0.395 e. The minimum absolute atomic E-state index is 0.225. The van der Waals surface area contributed by atoms with Gasteiger partial charge in [0.25, 0.3) is 0 Å². The van der Waals surface area contributed by atoms with Crippen LogP contribution in [-0.4, -0.2) is 30.8 Å². The molecule has 3 heteroatoms. The van der Waals surface area contributed by atoms with Crippen LogP contribution in [0.1, 0.15) is 57.6 Å². The van der Waals surface area contributed by atoms with Gasteiger partial charge in [-0.2, -0.15) is 0 Å². The first-order valence-corrected chi connectivity index (χ1v) is 8.51. The van der Waals surface area contributed by atoms with Crippen LogP contribution in [0.25, 0.3) is 0 Å². The van der Waals surface area contributed by atoms with Gasteiger partial charge in [-0.15, -0.1) is 0 Å². The van der Waals surface area contributed by atoms with Gasteiger partial charge < -0.3 is 15.3 Å². The van der Waals surface area contributed by atoms with Gasteiger partial charge in [-0.1, -0.05) is 44.9 Å². The molecular formula is C18H30N2O. The van der Waals surface area contributed by atoms with E-state index in [0.717, 1.165) is 19.5 Å². The van der Waals surface area contributed by atoms with Crippen molar-refractivity contribution in [2.24, 2.45) is 0 Å². The number of hydrogen-bond donors (Lipinski definition) is 2. The normalized spacial score (nSPS) is 17.1. The minimum Gasteiger partial charge on any atom is -0.395 e. The zero-order valence-corrected chi connectivity index (χ0v) is 13.5. The SMILES string of the molecule is CCNC(CC)c1ccccc1N(CCO)C1CCCC1. The molecule has 0 aliphatic heterocycles. The third-order valence-corrected chi connectivity index (χ3v) is 4.59. The summed E-state index contributed by atoms with van der Waals surface area (Å²) in [6, 6.07) is 9.71. The summed E-state index contributed by atoms with van der Waals surface area (Å²) in [5.74, 6) is 0. The summed E-state index contributed by atoms with van der Waals surface area (Å²) in [4.78, 5) is 2.45. The highest BCUT2D eigenvalue weighted by atomic mass is 16.3. The Bertz CT molecular complexity index is 415. The highest BCUT2D eigenvalue weighted by molar-refractivity contribution is 5.56. The molecule has 0 radical (unpaired) electrons. The fourth-order valence-corrected chi connectivity index (χ4v) is 3.59. The average molecular weight is 290 g/mol. The monoisotopic (exact) mass is 290 g/mol. The third kappa shape index (κ3) is 3.98. The fraction of sp³-hybridized carbons (Fsp3) is 0.667. The van der Waals surface area contributed by atoms with Crippen LogP contribution in [0.4, 0.5) is 5.69 Å². The van der Waals surface area contributed by atoms with Crippen molar-refractivity contribution in [1.29, 1.82) is 0 Å². The molecule has 0 spiro atoms. The fourth-order valence-electron chi connectivity index (χ4n) is 3.59. The summed E-state index contributed by atoms with van der Waals surface area (Å²) in [5.41, 5.74) is 2.69. The number of nitrogens with one attached hydrogen (secondary N) is 1. The van der Waals surface area contributed by atoms with Crippen LogP contribution < -0.4 is 10.2 Å². The summed E-state index contributed by atoms with van der Waals surface area (Å²) in [7, 11) is 0. The summed E-state index contributed by atoms with van der Waals surface area (Å²) in [6.45, 7) is 6.34. The maximum atomic E-state index is 9.49. The highest BCUT2D eigenvalue weighted by Crippen LogP contribution is 2.33. The lowest BCUT2D eigenvalue weighted by Gasteiger charge is -2.34. The minimum atomic E-state index is 0.225. The lowest BCUT2D eigenvalue weighted by molar-refractivity contribution is 0.297. The average Bonchev–Trinajstić information content (AvgIpc) is 3.04. The van der Waals surface area contributed by atoms with Gasteiger partial charge in [-0.3, -0.25) is 0 Å². The first kappa shape index (κ1) is 16.3. The number of benzene rings is 1. The smallest absolute Gasteiger partial charge is 0.0606 e. The number of aliphatic hydroxyl groups excluding tert-OH is 1. The van der Waals surface area contributed by atoms with E-state index in [1.165, 1.54) is 36.9 Å². The van der Waals surface area contributed by atoms with E-state index in [2.05, 4.69) is 48.3 Å².